The van der Waals surface area contributed by atoms with E-state index in [2.05, 4.69) is 0 Å². The van der Waals surface area contributed by atoms with Crippen molar-refractivity contribution in [2.45, 2.75) is 0 Å². The summed E-state index contributed by atoms with van der Waals surface area (Å²) in [5, 5.41) is 0. The van der Waals surface area contributed by atoms with Crippen LogP contribution in [0.4, 0.5) is 0 Å². The number of methoxy groups -OCH3 is 1. The highest BCUT2D eigenvalue weighted by Crippen LogP contribution is 2.34. The SMILES string of the molecule is COc1ccc(C2=C(SC)C(=O)N(C)C2=O)cc1. The molecule has 1 aromatic rings. The zero-order valence-electron chi connectivity index (χ0n) is 10.4. The van der Waals surface area contributed by atoms with Crippen LogP contribution in [0.15, 0.2) is 29.2 Å². The van der Waals surface area contributed by atoms with Gasteiger partial charge in [-0.25, -0.2) is 0 Å². The number of hydrogen-bond donors (Lipinski definition) is 0. The quantitative estimate of drug-likeness (QED) is 0.780. The molecule has 0 saturated heterocycles. The number of likely N-dealkylation sites (N-methyl/N-ethyl adjacent to an activating group) is 1. The van der Waals surface area contributed by atoms with Crippen molar-refractivity contribution in [1.82, 2.24) is 4.90 Å². The van der Waals surface area contributed by atoms with E-state index in [0.717, 1.165) is 16.2 Å². The fourth-order valence-electron chi connectivity index (χ4n) is 1.82. The number of carbonyl (C=O) groups is 2. The first-order valence-corrected chi connectivity index (χ1v) is 6.57. The van der Waals surface area contributed by atoms with Gasteiger partial charge in [0, 0.05) is 7.05 Å². The summed E-state index contributed by atoms with van der Waals surface area (Å²) < 4.78 is 5.07. The lowest BCUT2D eigenvalue weighted by molar-refractivity contribution is -0.134. The first-order valence-electron chi connectivity index (χ1n) is 5.35. The summed E-state index contributed by atoms with van der Waals surface area (Å²) in [5.74, 6) is 0.225. The number of carbonyl (C=O) groups excluding carboxylic acids is 2. The highest BCUT2D eigenvalue weighted by atomic mass is 32.2. The molecule has 0 saturated carbocycles. The number of imide groups is 1. The van der Waals surface area contributed by atoms with Crippen molar-refractivity contribution in [3.8, 4) is 5.75 Å². The van der Waals surface area contributed by atoms with Gasteiger partial charge < -0.3 is 4.74 Å². The first kappa shape index (κ1) is 12.7. The monoisotopic (exact) mass is 263 g/mol. The number of rotatable bonds is 3. The number of hydrogen-bond acceptors (Lipinski definition) is 4. The van der Waals surface area contributed by atoms with E-state index in [1.165, 1.54) is 18.8 Å². The third-order valence-electron chi connectivity index (χ3n) is 2.83. The van der Waals surface area contributed by atoms with Crippen molar-refractivity contribution >= 4 is 29.1 Å². The molecule has 0 aliphatic carbocycles. The molecule has 0 unspecified atom stereocenters. The van der Waals surface area contributed by atoms with Gasteiger partial charge in [0.2, 0.25) is 0 Å². The van der Waals surface area contributed by atoms with Gasteiger partial charge in [-0.15, -0.1) is 11.8 Å². The van der Waals surface area contributed by atoms with Crippen LogP contribution in [0.25, 0.3) is 5.57 Å². The Morgan fingerprint density at radius 1 is 1.11 bits per heavy atom. The van der Waals surface area contributed by atoms with Crippen LogP contribution in [-0.2, 0) is 9.59 Å². The van der Waals surface area contributed by atoms with E-state index in [1.807, 2.05) is 0 Å². The van der Waals surface area contributed by atoms with E-state index in [0.29, 0.717) is 10.5 Å². The lowest BCUT2D eigenvalue weighted by atomic mass is 10.1. The van der Waals surface area contributed by atoms with Gasteiger partial charge in [-0.05, 0) is 24.0 Å². The molecule has 4 nitrogen and oxygen atoms in total. The van der Waals surface area contributed by atoms with E-state index in [4.69, 9.17) is 4.74 Å². The van der Waals surface area contributed by atoms with Crippen LogP contribution in [-0.4, -0.2) is 37.1 Å². The van der Waals surface area contributed by atoms with E-state index in [1.54, 1.807) is 37.6 Å². The fourth-order valence-corrected chi connectivity index (χ4v) is 2.54. The number of amides is 2. The molecule has 0 N–H and O–H groups in total. The van der Waals surface area contributed by atoms with Gasteiger partial charge >= 0.3 is 0 Å². The Bertz CT molecular complexity index is 534. The third-order valence-corrected chi connectivity index (χ3v) is 3.61. The molecular weight excluding hydrogens is 250 g/mol. The van der Waals surface area contributed by atoms with Gasteiger partial charge in [0.25, 0.3) is 11.8 Å². The Hall–Kier alpha value is -1.75. The minimum absolute atomic E-state index is 0.238. The molecule has 1 heterocycles. The second-order valence-corrected chi connectivity index (χ2v) is 4.62. The summed E-state index contributed by atoms with van der Waals surface area (Å²) in [4.78, 5) is 25.5. The molecule has 0 spiro atoms. The molecule has 18 heavy (non-hydrogen) atoms. The van der Waals surface area contributed by atoms with Crippen LogP contribution in [0, 0.1) is 0 Å². The maximum atomic E-state index is 12.0. The minimum Gasteiger partial charge on any atom is -0.497 e. The number of benzene rings is 1. The standard InChI is InChI=1S/C13H13NO3S/c1-14-12(15)10(11(18-3)13(14)16)8-4-6-9(17-2)7-5-8/h4-7H,1-3H3. The number of ether oxygens (including phenoxy) is 1. The molecule has 2 amide bonds. The summed E-state index contributed by atoms with van der Waals surface area (Å²) in [7, 11) is 3.08. The normalized spacial score (nSPS) is 15.6. The van der Waals surface area contributed by atoms with Crippen molar-refractivity contribution in [3.63, 3.8) is 0 Å². The Morgan fingerprint density at radius 2 is 1.72 bits per heavy atom. The molecule has 0 radical (unpaired) electrons. The van der Waals surface area contributed by atoms with Crippen molar-refractivity contribution in [2.24, 2.45) is 0 Å². The number of thioether (sulfide) groups is 1. The van der Waals surface area contributed by atoms with Gasteiger partial charge in [0.15, 0.2) is 0 Å². The second kappa shape index (κ2) is 4.86. The smallest absolute Gasteiger partial charge is 0.267 e. The van der Waals surface area contributed by atoms with Gasteiger partial charge in [0.1, 0.15) is 5.75 Å². The lowest BCUT2D eigenvalue weighted by Gasteiger charge is -2.07. The Balaban J connectivity index is 2.49. The molecule has 1 aliphatic heterocycles. The molecular formula is C13H13NO3S. The zero-order valence-corrected chi connectivity index (χ0v) is 11.2. The second-order valence-electron chi connectivity index (χ2n) is 3.81. The topological polar surface area (TPSA) is 46.6 Å². The summed E-state index contributed by atoms with van der Waals surface area (Å²) >= 11 is 1.30. The fraction of sp³-hybridized carbons (Fsp3) is 0.231. The summed E-state index contributed by atoms with van der Waals surface area (Å²) in [6.45, 7) is 0. The van der Waals surface area contributed by atoms with Crippen LogP contribution < -0.4 is 4.74 Å². The van der Waals surface area contributed by atoms with Crippen molar-refractivity contribution < 1.29 is 14.3 Å². The van der Waals surface area contributed by atoms with Crippen LogP contribution in [0.1, 0.15) is 5.56 Å². The van der Waals surface area contributed by atoms with E-state index >= 15 is 0 Å². The third kappa shape index (κ3) is 1.90. The first-order chi connectivity index (χ1) is 8.60. The lowest BCUT2D eigenvalue weighted by Crippen LogP contribution is -2.26. The predicted octanol–water partition coefficient (Wildman–Crippen LogP) is 1.77. The average Bonchev–Trinajstić information content (AvgIpc) is 2.63. The summed E-state index contributed by atoms with van der Waals surface area (Å²) in [5.41, 5.74) is 1.21. The maximum Gasteiger partial charge on any atom is 0.267 e. The largest absolute Gasteiger partial charge is 0.497 e. The van der Waals surface area contributed by atoms with Crippen molar-refractivity contribution in [1.29, 1.82) is 0 Å². The Labute approximate surface area is 110 Å². The molecule has 1 aliphatic rings. The van der Waals surface area contributed by atoms with Gasteiger partial charge in [0.05, 0.1) is 17.6 Å². The molecule has 0 atom stereocenters. The van der Waals surface area contributed by atoms with Crippen molar-refractivity contribution in [2.75, 3.05) is 20.4 Å². The summed E-state index contributed by atoms with van der Waals surface area (Å²) in [6, 6.07) is 7.12. The van der Waals surface area contributed by atoms with E-state index in [9.17, 15) is 9.59 Å². The predicted molar refractivity (Wildman–Crippen MR) is 71.2 cm³/mol. The van der Waals surface area contributed by atoms with E-state index < -0.39 is 0 Å². The van der Waals surface area contributed by atoms with Crippen LogP contribution in [0.3, 0.4) is 0 Å². The molecule has 94 valence electrons. The molecule has 1 aromatic carbocycles. The molecule has 5 heteroatoms. The highest BCUT2D eigenvalue weighted by molar-refractivity contribution is 8.03. The van der Waals surface area contributed by atoms with Crippen molar-refractivity contribution in [3.05, 3.63) is 34.7 Å². The van der Waals surface area contributed by atoms with Crippen LogP contribution in [0.2, 0.25) is 0 Å². The molecule has 2 rings (SSSR count). The Kier molecular flexibility index (Phi) is 3.43. The summed E-state index contributed by atoms with van der Waals surface area (Å²) in [6.07, 6.45) is 1.79. The van der Waals surface area contributed by atoms with Crippen LogP contribution in [0.5, 0.6) is 5.75 Å². The zero-order chi connectivity index (χ0) is 13.3. The molecule has 0 fully saturated rings. The molecule has 0 bridgehead atoms. The minimum atomic E-state index is -0.255. The Morgan fingerprint density at radius 3 is 2.22 bits per heavy atom. The van der Waals surface area contributed by atoms with Gasteiger partial charge in [-0.3, -0.25) is 14.5 Å². The van der Waals surface area contributed by atoms with Gasteiger partial charge in [-0.1, -0.05) is 12.1 Å². The van der Waals surface area contributed by atoms with Gasteiger partial charge in [-0.2, -0.15) is 0 Å². The van der Waals surface area contributed by atoms with E-state index in [-0.39, 0.29) is 11.8 Å². The molecule has 0 aromatic heterocycles. The average molecular weight is 263 g/mol. The number of nitrogens with zero attached hydrogens (tertiary/aromatic N) is 1. The maximum absolute atomic E-state index is 12.0. The highest BCUT2D eigenvalue weighted by Gasteiger charge is 2.35. The van der Waals surface area contributed by atoms with Crippen LogP contribution >= 0.6 is 11.8 Å².